The number of nitrogens with one attached hydrogen (secondary N) is 1. The van der Waals surface area contributed by atoms with E-state index in [1.165, 1.54) is 25.7 Å². The summed E-state index contributed by atoms with van der Waals surface area (Å²) in [5.74, 6) is 0. The molecular weight excluding hydrogens is 231 g/mol. The van der Waals surface area contributed by atoms with Gasteiger partial charge in [0.1, 0.15) is 6.61 Å². The second-order valence-electron chi connectivity index (χ2n) is 4.91. The normalized spacial score (nSPS) is 19.8. The quantitative estimate of drug-likeness (QED) is 0.704. The van der Waals surface area contributed by atoms with Gasteiger partial charge in [0.25, 0.3) is 0 Å². The minimum Gasteiger partial charge on any atom is -0.371 e. The molecule has 1 rings (SSSR count). The summed E-state index contributed by atoms with van der Waals surface area (Å²) in [6.07, 6.45) is 1.96. The van der Waals surface area contributed by atoms with Gasteiger partial charge in [0, 0.05) is 13.1 Å². The van der Waals surface area contributed by atoms with Crippen LogP contribution in [0.15, 0.2) is 0 Å². The highest BCUT2D eigenvalue weighted by Crippen LogP contribution is 2.40. The van der Waals surface area contributed by atoms with Gasteiger partial charge in [0.2, 0.25) is 0 Å². The van der Waals surface area contributed by atoms with Crippen molar-refractivity contribution in [2.45, 2.75) is 45.2 Å². The zero-order chi connectivity index (χ0) is 12.8. The summed E-state index contributed by atoms with van der Waals surface area (Å²) < 4.78 is 39.9. The smallest absolute Gasteiger partial charge is 0.371 e. The van der Waals surface area contributed by atoms with Gasteiger partial charge in [-0.25, -0.2) is 0 Å². The average Bonchev–Trinajstić information content (AvgIpc) is 2.71. The van der Waals surface area contributed by atoms with E-state index in [0.29, 0.717) is 12.0 Å². The van der Waals surface area contributed by atoms with Crippen molar-refractivity contribution in [2.24, 2.45) is 5.41 Å². The minimum atomic E-state index is -4.21. The molecule has 0 aliphatic heterocycles. The Morgan fingerprint density at radius 1 is 1.24 bits per heavy atom. The SMILES string of the molecule is CCC1(CNCCOCC(F)(F)F)CCCC1. The lowest BCUT2D eigenvalue weighted by molar-refractivity contribution is -0.173. The van der Waals surface area contributed by atoms with E-state index >= 15 is 0 Å². The summed E-state index contributed by atoms with van der Waals surface area (Å²) in [5.41, 5.74) is 0.379. The van der Waals surface area contributed by atoms with Crippen LogP contribution in [0.4, 0.5) is 13.2 Å². The fourth-order valence-electron chi connectivity index (χ4n) is 2.47. The van der Waals surface area contributed by atoms with Crippen LogP contribution in [0, 0.1) is 5.41 Å². The van der Waals surface area contributed by atoms with E-state index in [4.69, 9.17) is 0 Å². The fourth-order valence-corrected chi connectivity index (χ4v) is 2.47. The van der Waals surface area contributed by atoms with Crippen molar-refractivity contribution in [3.8, 4) is 0 Å². The van der Waals surface area contributed by atoms with Crippen LogP contribution < -0.4 is 5.32 Å². The molecule has 1 N–H and O–H groups in total. The van der Waals surface area contributed by atoms with Gasteiger partial charge in [-0.1, -0.05) is 19.8 Å². The molecule has 0 unspecified atom stereocenters. The van der Waals surface area contributed by atoms with Crippen LogP contribution in [0.25, 0.3) is 0 Å². The summed E-state index contributed by atoms with van der Waals surface area (Å²) in [7, 11) is 0. The fraction of sp³-hybridized carbons (Fsp3) is 1.00. The number of halogens is 3. The van der Waals surface area contributed by atoms with Crippen LogP contribution in [0.5, 0.6) is 0 Å². The molecule has 1 fully saturated rings. The molecule has 0 aromatic rings. The molecule has 0 spiro atoms. The van der Waals surface area contributed by atoms with Crippen LogP contribution in [0.2, 0.25) is 0 Å². The van der Waals surface area contributed by atoms with Gasteiger partial charge < -0.3 is 10.1 Å². The Morgan fingerprint density at radius 2 is 1.88 bits per heavy atom. The number of hydrogen-bond donors (Lipinski definition) is 1. The molecule has 5 heteroatoms. The second-order valence-corrected chi connectivity index (χ2v) is 4.91. The largest absolute Gasteiger partial charge is 0.411 e. The van der Waals surface area contributed by atoms with Gasteiger partial charge in [-0.2, -0.15) is 13.2 Å². The lowest BCUT2D eigenvalue weighted by Crippen LogP contribution is -2.34. The summed E-state index contributed by atoms with van der Waals surface area (Å²) in [4.78, 5) is 0. The zero-order valence-corrected chi connectivity index (χ0v) is 10.4. The van der Waals surface area contributed by atoms with Crippen molar-refractivity contribution in [3.63, 3.8) is 0 Å². The number of hydrogen-bond acceptors (Lipinski definition) is 2. The van der Waals surface area contributed by atoms with Gasteiger partial charge >= 0.3 is 6.18 Å². The molecule has 0 aromatic heterocycles. The maximum absolute atomic E-state index is 11.8. The van der Waals surface area contributed by atoms with Crippen molar-refractivity contribution in [3.05, 3.63) is 0 Å². The van der Waals surface area contributed by atoms with E-state index in [2.05, 4.69) is 17.0 Å². The molecule has 0 saturated heterocycles. The maximum atomic E-state index is 11.8. The van der Waals surface area contributed by atoms with Crippen molar-refractivity contribution < 1.29 is 17.9 Å². The lowest BCUT2D eigenvalue weighted by Gasteiger charge is -2.27. The van der Waals surface area contributed by atoms with Crippen LogP contribution in [-0.4, -0.2) is 32.5 Å². The molecule has 17 heavy (non-hydrogen) atoms. The van der Waals surface area contributed by atoms with Crippen LogP contribution in [0.1, 0.15) is 39.0 Å². The van der Waals surface area contributed by atoms with Gasteiger partial charge in [0.15, 0.2) is 0 Å². The Morgan fingerprint density at radius 3 is 2.41 bits per heavy atom. The van der Waals surface area contributed by atoms with Gasteiger partial charge in [-0.3, -0.25) is 0 Å². The Balaban J connectivity index is 2.04. The molecule has 0 heterocycles. The number of alkyl halides is 3. The third-order valence-corrected chi connectivity index (χ3v) is 3.60. The second kappa shape index (κ2) is 6.59. The summed E-state index contributed by atoms with van der Waals surface area (Å²) in [5, 5.41) is 3.21. The molecule has 0 bridgehead atoms. The molecule has 0 radical (unpaired) electrons. The highest BCUT2D eigenvalue weighted by atomic mass is 19.4. The third kappa shape index (κ3) is 5.73. The van der Waals surface area contributed by atoms with Crippen LogP contribution in [-0.2, 0) is 4.74 Å². The molecular formula is C12H22F3NO. The van der Waals surface area contributed by atoms with Crippen molar-refractivity contribution in [1.29, 1.82) is 0 Å². The van der Waals surface area contributed by atoms with Crippen LogP contribution >= 0.6 is 0 Å². The Kier molecular flexibility index (Phi) is 5.73. The first kappa shape index (κ1) is 14.8. The van der Waals surface area contributed by atoms with Crippen LogP contribution in [0.3, 0.4) is 0 Å². The summed E-state index contributed by atoms with van der Waals surface area (Å²) in [6.45, 7) is 2.57. The highest BCUT2D eigenvalue weighted by molar-refractivity contribution is 4.85. The highest BCUT2D eigenvalue weighted by Gasteiger charge is 2.31. The van der Waals surface area contributed by atoms with E-state index in [1.807, 2.05) is 0 Å². The molecule has 0 amide bonds. The Bertz CT molecular complexity index is 212. The first-order valence-electron chi connectivity index (χ1n) is 6.33. The summed E-state index contributed by atoms with van der Waals surface area (Å²) >= 11 is 0. The standard InChI is InChI=1S/C12H22F3NO/c1-2-11(5-3-4-6-11)9-16-7-8-17-10-12(13,14)15/h16H,2-10H2,1H3. The van der Waals surface area contributed by atoms with E-state index in [1.54, 1.807) is 0 Å². The van der Waals surface area contributed by atoms with E-state index < -0.39 is 12.8 Å². The Hall–Kier alpha value is -0.290. The molecule has 0 atom stereocenters. The third-order valence-electron chi connectivity index (χ3n) is 3.60. The first-order valence-corrected chi connectivity index (χ1v) is 6.33. The predicted octanol–water partition coefficient (Wildman–Crippen LogP) is 3.13. The topological polar surface area (TPSA) is 21.3 Å². The predicted molar refractivity (Wildman–Crippen MR) is 60.9 cm³/mol. The van der Waals surface area contributed by atoms with Crippen molar-refractivity contribution in [2.75, 3.05) is 26.3 Å². The molecule has 0 aromatic carbocycles. The molecule has 102 valence electrons. The minimum absolute atomic E-state index is 0.124. The number of rotatable bonds is 7. The summed E-state index contributed by atoms with van der Waals surface area (Å²) in [6, 6.07) is 0. The average molecular weight is 253 g/mol. The van der Waals surface area contributed by atoms with E-state index in [0.717, 1.165) is 13.0 Å². The molecule has 1 aliphatic carbocycles. The van der Waals surface area contributed by atoms with E-state index in [-0.39, 0.29) is 6.61 Å². The number of ether oxygens (including phenoxy) is 1. The molecule has 1 aliphatic rings. The molecule has 1 saturated carbocycles. The Labute approximate surface area is 101 Å². The first-order chi connectivity index (χ1) is 7.97. The van der Waals surface area contributed by atoms with Crippen molar-refractivity contribution in [1.82, 2.24) is 5.32 Å². The zero-order valence-electron chi connectivity index (χ0n) is 10.4. The monoisotopic (exact) mass is 253 g/mol. The maximum Gasteiger partial charge on any atom is 0.411 e. The van der Waals surface area contributed by atoms with Gasteiger partial charge in [-0.05, 0) is 24.7 Å². The van der Waals surface area contributed by atoms with E-state index in [9.17, 15) is 13.2 Å². The van der Waals surface area contributed by atoms with Gasteiger partial charge in [0.05, 0.1) is 6.61 Å². The van der Waals surface area contributed by atoms with Gasteiger partial charge in [-0.15, -0.1) is 0 Å². The lowest BCUT2D eigenvalue weighted by atomic mass is 9.83. The van der Waals surface area contributed by atoms with Crippen molar-refractivity contribution >= 4 is 0 Å². The molecule has 2 nitrogen and oxygen atoms in total.